The van der Waals surface area contributed by atoms with Gasteiger partial charge in [0, 0.05) is 24.2 Å². The minimum atomic E-state index is -0.952. The quantitative estimate of drug-likeness (QED) is 0.754. The van der Waals surface area contributed by atoms with Crippen LogP contribution in [0.15, 0.2) is 36.8 Å². The van der Waals surface area contributed by atoms with Gasteiger partial charge in [-0.15, -0.1) is 0 Å². The van der Waals surface area contributed by atoms with E-state index in [-0.39, 0.29) is 5.56 Å². The largest absolute Gasteiger partial charge is 0.478 e. The van der Waals surface area contributed by atoms with Crippen molar-refractivity contribution in [1.29, 1.82) is 0 Å². The van der Waals surface area contributed by atoms with E-state index in [4.69, 9.17) is 5.11 Å². The second kappa shape index (κ2) is 3.33. The monoisotopic (exact) mass is 188 g/mol. The lowest BCUT2D eigenvalue weighted by Gasteiger charge is -1.97. The van der Waals surface area contributed by atoms with E-state index in [0.29, 0.717) is 11.3 Å². The smallest absolute Gasteiger partial charge is 0.337 e. The predicted octanol–water partition coefficient (Wildman–Crippen LogP) is 1.77. The lowest BCUT2D eigenvalue weighted by atomic mass is 10.1. The predicted molar refractivity (Wildman–Crippen MR) is 51.0 cm³/mol. The molecule has 0 atom stereocenters. The zero-order chi connectivity index (χ0) is 9.97. The second-order valence-corrected chi connectivity index (χ2v) is 2.80. The third-order valence-corrected chi connectivity index (χ3v) is 1.92. The minimum absolute atomic E-state index is 0.240. The number of hydrogen-bond acceptors (Lipinski definition) is 2. The van der Waals surface area contributed by atoms with Crippen LogP contribution in [0.25, 0.3) is 11.3 Å². The Morgan fingerprint density at radius 2 is 2.21 bits per heavy atom. The summed E-state index contributed by atoms with van der Waals surface area (Å²) >= 11 is 0. The Morgan fingerprint density at radius 1 is 1.36 bits per heavy atom. The number of rotatable bonds is 2. The first kappa shape index (κ1) is 8.50. The van der Waals surface area contributed by atoms with Gasteiger partial charge in [0.1, 0.15) is 0 Å². The molecule has 0 bridgehead atoms. The number of hydrogen-bond donors (Lipinski definition) is 2. The van der Waals surface area contributed by atoms with E-state index in [2.05, 4.69) is 9.97 Å². The molecule has 0 spiro atoms. The molecule has 0 unspecified atom stereocenters. The SMILES string of the molecule is O=C(O)c1c[nH]cc1-c1ccccn1. The second-order valence-electron chi connectivity index (χ2n) is 2.80. The molecule has 2 N–H and O–H groups in total. The lowest BCUT2D eigenvalue weighted by Crippen LogP contribution is -1.96. The topological polar surface area (TPSA) is 66.0 Å². The summed E-state index contributed by atoms with van der Waals surface area (Å²) in [6.45, 7) is 0. The normalized spacial score (nSPS) is 10.0. The fraction of sp³-hybridized carbons (Fsp3) is 0. The molecule has 0 aliphatic carbocycles. The van der Waals surface area contributed by atoms with Crippen LogP contribution in [0, 0.1) is 0 Å². The fourth-order valence-electron chi connectivity index (χ4n) is 1.27. The first-order valence-corrected chi connectivity index (χ1v) is 4.10. The van der Waals surface area contributed by atoms with Crippen LogP contribution >= 0.6 is 0 Å². The number of carboxylic acid groups (broad SMARTS) is 1. The number of nitrogens with zero attached hydrogens (tertiary/aromatic N) is 1. The van der Waals surface area contributed by atoms with Gasteiger partial charge in [-0.25, -0.2) is 4.79 Å². The summed E-state index contributed by atoms with van der Waals surface area (Å²) in [7, 11) is 0. The van der Waals surface area contributed by atoms with E-state index >= 15 is 0 Å². The van der Waals surface area contributed by atoms with Gasteiger partial charge in [0.25, 0.3) is 0 Å². The van der Waals surface area contributed by atoms with Crippen LogP contribution in [0.1, 0.15) is 10.4 Å². The van der Waals surface area contributed by atoms with Crippen molar-refractivity contribution in [2.24, 2.45) is 0 Å². The zero-order valence-corrected chi connectivity index (χ0v) is 7.27. The van der Waals surface area contributed by atoms with Gasteiger partial charge >= 0.3 is 5.97 Å². The highest BCUT2D eigenvalue weighted by Gasteiger charge is 2.12. The van der Waals surface area contributed by atoms with Gasteiger partial charge in [0.05, 0.1) is 11.3 Å². The number of nitrogens with one attached hydrogen (secondary N) is 1. The average Bonchev–Trinajstić information content (AvgIpc) is 2.67. The van der Waals surface area contributed by atoms with Gasteiger partial charge < -0.3 is 10.1 Å². The summed E-state index contributed by atoms with van der Waals surface area (Å²) < 4.78 is 0. The van der Waals surface area contributed by atoms with E-state index in [1.54, 1.807) is 24.5 Å². The molecule has 4 nitrogen and oxygen atoms in total. The van der Waals surface area contributed by atoms with Crippen LogP contribution < -0.4 is 0 Å². The van der Waals surface area contributed by atoms with Gasteiger partial charge in [0.15, 0.2) is 0 Å². The molecule has 0 aliphatic heterocycles. The molecule has 0 amide bonds. The average molecular weight is 188 g/mol. The Kier molecular flexibility index (Phi) is 2.02. The van der Waals surface area contributed by atoms with Gasteiger partial charge in [-0.2, -0.15) is 0 Å². The van der Waals surface area contributed by atoms with Crippen LogP contribution in [-0.4, -0.2) is 21.0 Å². The number of carbonyl (C=O) groups is 1. The molecule has 4 heteroatoms. The summed E-state index contributed by atoms with van der Waals surface area (Å²) in [6.07, 6.45) is 4.71. The third kappa shape index (κ3) is 1.37. The molecule has 2 heterocycles. The first-order chi connectivity index (χ1) is 6.79. The van der Waals surface area contributed by atoms with Crippen LogP contribution in [0.5, 0.6) is 0 Å². The summed E-state index contributed by atoms with van der Waals surface area (Å²) in [4.78, 5) is 17.6. The van der Waals surface area contributed by atoms with Crippen LogP contribution in [0.4, 0.5) is 0 Å². The van der Waals surface area contributed by atoms with Crippen molar-refractivity contribution in [3.63, 3.8) is 0 Å². The summed E-state index contributed by atoms with van der Waals surface area (Å²) in [5.74, 6) is -0.952. The van der Waals surface area contributed by atoms with Crippen LogP contribution in [0.3, 0.4) is 0 Å². The van der Waals surface area contributed by atoms with Crippen LogP contribution in [0.2, 0.25) is 0 Å². The molecule has 2 aromatic rings. The van der Waals surface area contributed by atoms with Gasteiger partial charge in [-0.1, -0.05) is 6.07 Å². The van der Waals surface area contributed by atoms with Crippen molar-refractivity contribution in [1.82, 2.24) is 9.97 Å². The van der Waals surface area contributed by atoms with Crippen molar-refractivity contribution in [2.75, 3.05) is 0 Å². The number of aromatic nitrogens is 2. The lowest BCUT2D eigenvalue weighted by molar-refractivity contribution is 0.0698. The Balaban J connectivity index is 2.52. The highest BCUT2D eigenvalue weighted by Crippen LogP contribution is 2.20. The maximum Gasteiger partial charge on any atom is 0.337 e. The molecule has 2 aromatic heterocycles. The molecule has 0 saturated carbocycles. The van der Waals surface area contributed by atoms with E-state index in [1.165, 1.54) is 6.20 Å². The van der Waals surface area contributed by atoms with E-state index in [0.717, 1.165) is 0 Å². The minimum Gasteiger partial charge on any atom is -0.478 e. The van der Waals surface area contributed by atoms with Crippen molar-refractivity contribution in [3.05, 3.63) is 42.4 Å². The summed E-state index contributed by atoms with van der Waals surface area (Å²) in [5, 5.41) is 8.87. The maximum absolute atomic E-state index is 10.8. The van der Waals surface area contributed by atoms with Crippen LogP contribution in [-0.2, 0) is 0 Å². The van der Waals surface area contributed by atoms with Gasteiger partial charge in [0.2, 0.25) is 0 Å². The number of pyridine rings is 1. The molecule has 0 aliphatic rings. The Labute approximate surface area is 80.2 Å². The molecule has 2 rings (SSSR count). The molecular weight excluding hydrogens is 180 g/mol. The molecule has 0 radical (unpaired) electrons. The Morgan fingerprint density at radius 3 is 2.86 bits per heavy atom. The number of aromatic carboxylic acids is 1. The summed E-state index contributed by atoms with van der Waals surface area (Å²) in [6, 6.07) is 5.38. The summed E-state index contributed by atoms with van der Waals surface area (Å²) in [5.41, 5.74) is 1.51. The number of carboxylic acids is 1. The van der Waals surface area contributed by atoms with E-state index in [9.17, 15) is 4.79 Å². The third-order valence-electron chi connectivity index (χ3n) is 1.92. The molecule has 0 saturated heterocycles. The highest BCUT2D eigenvalue weighted by molar-refractivity contribution is 5.95. The zero-order valence-electron chi connectivity index (χ0n) is 7.27. The van der Waals surface area contributed by atoms with Gasteiger partial charge in [-0.3, -0.25) is 4.98 Å². The first-order valence-electron chi connectivity index (χ1n) is 4.10. The molecule has 0 aromatic carbocycles. The fourth-order valence-corrected chi connectivity index (χ4v) is 1.27. The standard InChI is InChI=1S/C10H8N2O2/c13-10(14)8-6-11-5-7(8)9-3-1-2-4-12-9/h1-6,11H,(H,13,14). The van der Waals surface area contributed by atoms with Crippen molar-refractivity contribution in [2.45, 2.75) is 0 Å². The maximum atomic E-state index is 10.8. The highest BCUT2D eigenvalue weighted by atomic mass is 16.4. The van der Waals surface area contributed by atoms with Gasteiger partial charge in [-0.05, 0) is 12.1 Å². The number of aromatic amines is 1. The number of H-pyrrole nitrogens is 1. The van der Waals surface area contributed by atoms with E-state index in [1.807, 2.05) is 6.07 Å². The van der Waals surface area contributed by atoms with Crippen molar-refractivity contribution < 1.29 is 9.90 Å². The van der Waals surface area contributed by atoms with Crippen molar-refractivity contribution in [3.8, 4) is 11.3 Å². The Bertz CT molecular complexity index is 448. The molecule has 0 fully saturated rings. The molecule has 14 heavy (non-hydrogen) atoms. The van der Waals surface area contributed by atoms with Crippen molar-refractivity contribution >= 4 is 5.97 Å². The Hall–Kier alpha value is -2.10. The van der Waals surface area contributed by atoms with E-state index < -0.39 is 5.97 Å². The molecule has 70 valence electrons. The molecular formula is C10H8N2O2.